The van der Waals surface area contributed by atoms with E-state index in [0.717, 1.165) is 41.8 Å². The van der Waals surface area contributed by atoms with Gasteiger partial charge in [0.1, 0.15) is 17.9 Å². The lowest BCUT2D eigenvalue weighted by Gasteiger charge is -2.62. The highest BCUT2D eigenvalue weighted by atomic mass is 16.7. The van der Waals surface area contributed by atoms with E-state index < -0.39 is 24.2 Å². The van der Waals surface area contributed by atoms with E-state index in [9.17, 15) is 19.8 Å². The number of carbonyl (C=O) groups is 2. The van der Waals surface area contributed by atoms with Crippen LogP contribution in [0.5, 0.6) is 5.75 Å². The van der Waals surface area contributed by atoms with Gasteiger partial charge in [0, 0.05) is 61.0 Å². The summed E-state index contributed by atoms with van der Waals surface area (Å²) >= 11 is 0. The fourth-order valence-electron chi connectivity index (χ4n) is 9.44. The van der Waals surface area contributed by atoms with E-state index in [0.29, 0.717) is 35.0 Å². The number of benzene rings is 2. The van der Waals surface area contributed by atoms with Gasteiger partial charge in [0.05, 0.1) is 26.4 Å². The van der Waals surface area contributed by atoms with E-state index in [4.69, 9.17) is 9.57 Å². The van der Waals surface area contributed by atoms with Gasteiger partial charge in [-0.2, -0.15) is 5.06 Å². The molecule has 4 aliphatic rings. The Kier molecular flexibility index (Phi) is 12.9. The van der Waals surface area contributed by atoms with Gasteiger partial charge < -0.3 is 35.4 Å². The molecule has 1 aliphatic heterocycles. The SMILES string of the molecule is COc1c(CN2O[C@@H](CO)[C@@H]([C@H](C)O)[C@H]2C(=O)N[C@H]2C[C@@H]3C[C@@H]([C@@H]2C)C3(C)C)cccc1-c1cc(C(=O)N[C@H](CC(C)C)CN(C)C)cc(N(C)C)c1. The molecule has 0 aromatic heterocycles. The van der Waals surface area contributed by atoms with Crippen molar-refractivity contribution in [3.05, 3.63) is 47.5 Å². The van der Waals surface area contributed by atoms with Crippen molar-refractivity contribution < 1.29 is 29.4 Å². The lowest BCUT2D eigenvalue weighted by atomic mass is 9.45. The molecule has 2 aromatic rings. The van der Waals surface area contributed by atoms with Crippen LogP contribution in [0.3, 0.4) is 0 Å². The number of carbonyl (C=O) groups excluding carboxylic acids is 2. The highest BCUT2D eigenvalue weighted by Gasteiger charge is 2.57. The minimum Gasteiger partial charge on any atom is -0.496 e. The van der Waals surface area contributed by atoms with E-state index in [2.05, 4.69) is 50.2 Å². The molecule has 6 rings (SSSR count). The average molecular weight is 736 g/mol. The molecular weight excluding hydrogens is 670 g/mol. The Hall–Kier alpha value is -3.22. The molecule has 4 fully saturated rings. The number of methoxy groups -OCH3 is 1. The van der Waals surface area contributed by atoms with Crippen LogP contribution < -0.4 is 20.3 Å². The molecule has 4 N–H and O–H groups in total. The lowest BCUT2D eigenvalue weighted by molar-refractivity contribution is -0.183. The number of aliphatic hydroxyl groups is 2. The van der Waals surface area contributed by atoms with Crippen LogP contribution in [-0.2, 0) is 16.2 Å². The molecule has 11 heteroatoms. The maximum atomic E-state index is 14.3. The van der Waals surface area contributed by atoms with Crippen molar-refractivity contribution in [2.24, 2.45) is 35.0 Å². The minimum atomic E-state index is -0.895. The molecule has 9 atom stereocenters. The van der Waals surface area contributed by atoms with Gasteiger partial charge in [-0.05, 0) is 93.1 Å². The number of likely N-dealkylation sites (N-methyl/N-ethyl adjacent to an activating group) is 1. The normalized spacial score (nSPS) is 27.6. The van der Waals surface area contributed by atoms with Gasteiger partial charge in [-0.3, -0.25) is 14.4 Å². The van der Waals surface area contributed by atoms with Crippen molar-refractivity contribution in [1.29, 1.82) is 0 Å². The molecule has 3 saturated carbocycles. The van der Waals surface area contributed by atoms with Crippen molar-refractivity contribution in [2.75, 3.05) is 53.4 Å². The van der Waals surface area contributed by atoms with Crippen molar-refractivity contribution in [3.63, 3.8) is 0 Å². The summed E-state index contributed by atoms with van der Waals surface area (Å²) in [6.07, 6.45) is 1.36. The second-order valence-corrected chi connectivity index (χ2v) is 17.5. The van der Waals surface area contributed by atoms with Gasteiger partial charge in [-0.25, -0.2) is 0 Å². The molecular formula is C42H65N5O6. The molecule has 294 valence electrons. The first-order valence-electron chi connectivity index (χ1n) is 19.4. The number of rotatable bonds is 15. The lowest BCUT2D eigenvalue weighted by Crippen LogP contribution is -2.62. The zero-order valence-electron chi connectivity index (χ0n) is 33.8. The maximum absolute atomic E-state index is 14.3. The summed E-state index contributed by atoms with van der Waals surface area (Å²) in [5.41, 5.74) is 4.08. The van der Waals surface area contributed by atoms with Crippen LogP contribution in [0.2, 0.25) is 0 Å². The molecule has 0 spiro atoms. The Morgan fingerprint density at radius 1 is 1.09 bits per heavy atom. The van der Waals surface area contributed by atoms with Gasteiger partial charge in [0.2, 0.25) is 5.91 Å². The quantitative estimate of drug-likeness (QED) is 0.204. The third-order valence-corrected chi connectivity index (χ3v) is 12.4. The largest absolute Gasteiger partial charge is 0.496 e. The summed E-state index contributed by atoms with van der Waals surface area (Å²) in [5, 5.41) is 29.5. The number of amides is 2. The predicted octanol–water partition coefficient (Wildman–Crippen LogP) is 4.79. The summed E-state index contributed by atoms with van der Waals surface area (Å²) in [7, 11) is 9.54. The molecule has 1 heterocycles. The highest BCUT2D eigenvalue weighted by molar-refractivity contribution is 5.97. The summed E-state index contributed by atoms with van der Waals surface area (Å²) < 4.78 is 6.09. The number of hydrogen-bond donors (Lipinski definition) is 4. The van der Waals surface area contributed by atoms with E-state index in [1.54, 1.807) is 19.1 Å². The monoisotopic (exact) mass is 735 g/mol. The first-order chi connectivity index (χ1) is 25.0. The number of ether oxygens (including phenoxy) is 1. The zero-order valence-corrected chi connectivity index (χ0v) is 33.8. The number of nitrogens with one attached hydrogen (secondary N) is 2. The van der Waals surface area contributed by atoms with E-state index >= 15 is 0 Å². The molecule has 3 aliphatic carbocycles. The third kappa shape index (κ3) is 8.70. The summed E-state index contributed by atoms with van der Waals surface area (Å²) in [4.78, 5) is 38.4. The Morgan fingerprint density at radius 3 is 2.38 bits per heavy atom. The van der Waals surface area contributed by atoms with Crippen LogP contribution >= 0.6 is 0 Å². The van der Waals surface area contributed by atoms with Gasteiger partial charge in [-0.1, -0.05) is 52.8 Å². The second-order valence-electron chi connectivity index (χ2n) is 17.5. The predicted molar refractivity (Wildman–Crippen MR) is 210 cm³/mol. The van der Waals surface area contributed by atoms with Crippen molar-refractivity contribution >= 4 is 17.5 Å². The molecule has 1 saturated heterocycles. The highest BCUT2D eigenvalue weighted by Crippen LogP contribution is 2.61. The fourth-order valence-corrected chi connectivity index (χ4v) is 9.44. The van der Waals surface area contributed by atoms with Crippen molar-refractivity contribution in [1.82, 2.24) is 20.6 Å². The number of nitrogens with zero attached hydrogens (tertiary/aromatic N) is 3. The van der Waals surface area contributed by atoms with Gasteiger partial charge in [-0.15, -0.1) is 0 Å². The van der Waals surface area contributed by atoms with Crippen LogP contribution in [0.25, 0.3) is 11.1 Å². The van der Waals surface area contributed by atoms with Gasteiger partial charge >= 0.3 is 0 Å². The summed E-state index contributed by atoms with van der Waals surface area (Å²) in [5.74, 6) is 1.52. The van der Waals surface area contributed by atoms with Crippen molar-refractivity contribution in [3.8, 4) is 16.9 Å². The Bertz CT molecular complexity index is 1580. The summed E-state index contributed by atoms with van der Waals surface area (Å²) in [6.45, 7) is 13.5. The first kappa shape index (κ1) is 41.0. The topological polar surface area (TPSA) is 127 Å². The number of hydroxylamine groups is 2. The van der Waals surface area contributed by atoms with E-state index in [-0.39, 0.29) is 42.5 Å². The zero-order chi connectivity index (χ0) is 38.9. The smallest absolute Gasteiger partial charge is 0.251 e. The van der Waals surface area contributed by atoms with E-state index in [1.165, 1.54) is 6.42 Å². The maximum Gasteiger partial charge on any atom is 0.251 e. The van der Waals surface area contributed by atoms with Crippen LogP contribution in [0.4, 0.5) is 5.69 Å². The number of para-hydroxylation sites is 1. The molecule has 53 heavy (non-hydrogen) atoms. The molecule has 11 nitrogen and oxygen atoms in total. The van der Waals surface area contributed by atoms with Crippen LogP contribution in [-0.4, -0.2) is 111 Å². The average Bonchev–Trinajstić information content (AvgIpc) is 3.46. The summed E-state index contributed by atoms with van der Waals surface area (Å²) in [6, 6.07) is 10.9. The minimum absolute atomic E-state index is 0.000458. The van der Waals surface area contributed by atoms with Crippen LogP contribution in [0, 0.1) is 35.0 Å². The molecule has 0 radical (unpaired) electrons. The number of anilines is 1. The number of hydrogen-bond acceptors (Lipinski definition) is 9. The molecule has 2 bridgehead atoms. The third-order valence-electron chi connectivity index (χ3n) is 12.4. The van der Waals surface area contributed by atoms with Crippen molar-refractivity contribution in [2.45, 2.75) is 97.7 Å². The fraction of sp³-hybridized carbons (Fsp3) is 0.667. The Morgan fingerprint density at radius 2 is 1.81 bits per heavy atom. The molecule has 2 amide bonds. The number of fused-ring (bicyclic) bond motifs is 2. The molecule has 0 unspecified atom stereocenters. The van der Waals surface area contributed by atoms with E-state index in [1.807, 2.05) is 69.5 Å². The van der Waals surface area contributed by atoms with Crippen LogP contribution in [0.1, 0.15) is 76.7 Å². The Balaban J connectivity index is 1.45. The Labute approximate surface area is 317 Å². The second kappa shape index (κ2) is 16.7. The number of aliphatic hydroxyl groups excluding tert-OH is 2. The first-order valence-corrected chi connectivity index (χ1v) is 19.4. The van der Waals surface area contributed by atoms with Crippen LogP contribution in [0.15, 0.2) is 36.4 Å². The molecule has 2 aromatic carbocycles. The van der Waals surface area contributed by atoms with Gasteiger partial charge in [0.25, 0.3) is 5.91 Å². The standard InChI is InChI=1S/C42H65N5O6/c1-24(2)15-31(22-45(7)8)43-40(50)29-16-28(17-32(18-29)46(9)10)33-14-12-13-27(39(33)52-11)21-47-38(37(26(4)49)36(23-48)53-47)41(51)44-35-20-30-19-34(25(35)3)42(30,5)6/h12-14,16-18,24-26,30-31,34-38,48-49H,15,19-23H2,1-11H3,(H,43,50)(H,44,51)/t25-,26-,30-,31+,34-,35-,36-,37+,38-/m0/s1. The van der Waals surface area contributed by atoms with Gasteiger partial charge in [0.15, 0.2) is 0 Å².